The van der Waals surface area contributed by atoms with Crippen molar-refractivity contribution in [2.24, 2.45) is 4.99 Å². The van der Waals surface area contributed by atoms with Gasteiger partial charge in [-0.05, 0) is 48.7 Å². The second kappa shape index (κ2) is 9.52. The number of fused-ring (bicyclic) bond motifs is 1. The van der Waals surface area contributed by atoms with Crippen LogP contribution in [0.4, 0.5) is 0 Å². The molecule has 29 heavy (non-hydrogen) atoms. The van der Waals surface area contributed by atoms with E-state index in [0.29, 0.717) is 11.4 Å². The maximum atomic E-state index is 12.6. The van der Waals surface area contributed by atoms with Gasteiger partial charge < -0.3 is 14.0 Å². The minimum atomic E-state index is -0.385. The molecule has 0 aliphatic heterocycles. The number of hydrogen-bond donors (Lipinski definition) is 0. The Morgan fingerprint density at radius 2 is 1.79 bits per heavy atom. The van der Waals surface area contributed by atoms with Crippen molar-refractivity contribution in [1.29, 1.82) is 0 Å². The molecule has 0 saturated carbocycles. The minimum absolute atomic E-state index is 0.0111. The van der Waals surface area contributed by atoms with Crippen LogP contribution in [-0.2, 0) is 33.7 Å². The van der Waals surface area contributed by atoms with Crippen LogP contribution in [0.25, 0.3) is 10.2 Å². The molecule has 0 fully saturated rings. The third-order valence-corrected chi connectivity index (χ3v) is 5.52. The highest BCUT2D eigenvalue weighted by Crippen LogP contribution is 2.20. The molecule has 1 heterocycles. The van der Waals surface area contributed by atoms with E-state index in [2.05, 4.69) is 18.0 Å². The summed E-state index contributed by atoms with van der Waals surface area (Å²) < 4.78 is 13.0. The lowest BCUT2D eigenvalue weighted by molar-refractivity contribution is -0.141. The molecular formula is C22H24N2O4S. The summed E-state index contributed by atoms with van der Waals surface area (Å²) in [6.45, 7) is 4.62. The second-order valence-electron chi connectivity index (χ2n) is 6.46. The van der Waals surface area contributed by atoms with E-state index in [1.54, 1.807) is 4.57 Å². The first kappa shape index (κ1) is 20.8. The molecule has 0 saturated heterocycles. The van der Waals surface area contributed by atoms with Crippen LogP contribution in [0.1, 0.15) is 25.0 Å². The van der Waals surface area contributed by atoms with E-state index in [-0.39, 0.29) is 24.8 Å². The number of thiazole rings is 1. The van der Waals surface area contributed by atoms with Crippen molar-refractivity contribution < 1.29 is 19.1 Å². The fourth-order valence-electron chi connectivity index (χ4n) is 2.96. The predicted molar refractivity (Wildman–Crippen MR) is 113 cm³/mol. The van der Waals surface area contributed by atoms with Gasteiger partial charge in [0, 0.05) is 0 Å². The summed E-state index contributed by atoms with van der Waals surface area (Å²) in [6, 6.07) is 13.5. The van der Waals surface area contributed by atoms with Crippen molar-refractivity contribution in [3.8, 4) is 5.75 Å². The number of hydrogen-bond acceptors (Lipinski definition) is 5. The molecule has 7 heteroatoms. The molecule has 0 radical (unpaired) electrons. The van der Waals surface area contributed by atoms with Gasteiger partial charge in [0.1, 0.15) is 12.3 Å². The molecule has 152 valence electrons. The smallest absolute Gasteiger partial charge is 0.325 e. The molecule has 0 N–H and O–H groups in total. The Balaban J connectivity index is 1.93. The number of nitrogens with zero attached hydrogens (tertiary/aromatic N) is 2. The molecule has 1 aromatic heterocycles. The van der Waals surface area contributed by atoms with Crippen molar-refractivity contribution in [1.82, 2.24) is 4.57 Å². The van der Waals surface area contributed by atoms with E-state index in [1.807, 2.05) is 43.3 Å². The molecule has 3 aromatic rings. The molecule has 3 rings (SSSR count). The minimum Gasteiger partial charge on any atom is -0.494 e. The molecule has 0 aliphatic rings. The number of carbonyl (C=O) groups is 2. The number of methoxy groups -OCH3 is 1. The zero-order valence-electron chi connectivity index (χ0n) is 16.8. The fourth-order valence-corrected chi connectivity index (χ4v) is 4.07. The number of benzene rings is 2. The zero-order chi connectivity index (χ0) is 20.8. The summed E-state index contributed by atoms with van der Waals surface area (Å²) in [5, 5.41) is 0. The molecule has 1 amide bonds. The Hall–Kier alpha value is -2.93. The Kier molecular flexibility index (Phi) is 6.82. The van der Waals surface area contributed by atoms with Crippen molar-refractivity contribution in [2.45, 2.75) is 33.2 Å². The van der Waals surface area contributed by atoms with Crippen LogP contribution in [0.5, 0.6) is 5.75 Å². The van der Waals surface area contributed by atoms with Crippen LogP contribution in [0.3, 0.4) is 0 Å². The van der Waals surface area contributed by atoms with E-state index in [0.717, 1.165) is 28.0 Å². The second-order valence-corrected chi connectivity index (χ2v) is 7.47. The van der Waals surface area contributed by atoms with Crippen LogP contribution in [0.2, 0.25) is 0 Å². The van der Waals surface area contributed by atoms with E-state index >= 15 is 0 Å². The number of carbonyl (C=O) groups excluding carboxylic acids is 2. The van der Waals surface area contributed by atoms with Gasteiger partial charge in [-0.2, -0.15) is 4.99 Å². The lowest BCUT2D eigenvalue weighted by Crippen LogP contribution is -2.22. The monoisotopic (exact) mass is 412 g/mol. The van der Waals surface area contributed by atoms with E-state index in [1.165, 1.54) is 24.0 Å². The number of esters is 1. The summed E-state index contributed by atoms with van der Waals surface area (Å²) >= 11 is 1.40. The maximum Gasteiger partial charge on any atom is 0.325 e. The average Bonchev–Trinajstić information content (AvgIpc) is 3.05. The lowest BCUT2D eigenvalue weighted by atomic mass is 10.1. The number of rotatable bonds is 7. The van der Waals surface area contributed by atoms with Gasteiger partial charge in [0.2, 0.25) is 0 Å². The molecule has 0 unspecified atom stereocenters. The van der Waals surface area contributed by atoms with Gasteiger partial charge in [-0.15, -0.1) is 0 Å². The van der Waals surface area contributed by atoms with Crippen molar-refractivity contribution in [3.63, 3.8) is 0 Å². The number of aryl methyl sites for hydroxylation is 1. The third-order valence-electron chi connectivity index (χ3n) is 4.48. The first-order valence-corrected chi connectivity index (χ1v) is 10.3. The first-order chi connectivity index (χ1) is 14.0. The fraction of sp³-hybridized carbons (Fsp3) is 0.318. The number of ether oxygens (including phenoxy) is 2. The van der Waals surface area contributed by atoms with Gasteiger partial charge in [-0.25, -0.2) is 0 Å². The Labute approximate surface area is 173 Å². The Morgan fingerprint density at radius 3 is 2.45 bits per heavy atom. The van der Waals surface area contributed by atoms with Crippen LogP contribution >= 0.6 is 11.3 Å². The van der Waals surface area contributed by atoms with Crippen LogP contribution < -0.4 is 9.54 Å². The van der Waals surface area contributed by atoms with Crippen molar-refractivity contribution in [2.75, 3.05) is 13.7 Å². The third kappa shape index (κ3) is 5.12. The molecule has 2 aromatic carbocycles. The zero-order valence-corrected chi connectivity index (χ0v) is 17.6. The summed E-state index contributed by atoms with van der Waals surface area (Å²) in [4.78, 5) is 29.3. The highest BCUT2D eigenvalue weighted by Gasteiger charge is 2.12. The lowest BCUT2D eigenvalue weighted by Gasteiger charge is -2.05. The summed E-state index contributed by atoms with van der Waals surface area (Å²) in [5.41, 5.74) is 2.91. The first-order valence-electron chi connectivity index (χ1n) is 9.52. The van der Waals surface area contributed by atoms with Crippen molar-refractivity contribution in [3.05, 3.63) is 58.4 Å². The van der Waals surface area contributed by atoms with Crippen LogP contribution in [-0.4, -0.2) is 30.2 Å². The molecule has 6 nitrogen and oxygen atoms in total. The van der Waals surface area contributed by atoms with Gasteiger partial charge in [-0.3, -0.25) is 9.59 Å². The van der Waals surface area contributed by atoms with Gasteiger partial charge in [0.05, 0.1) is 30.4 Å². The molecule has 0 spiro atoms. The molecule has 0 atom stereocenters. The number of amides is 1. The maximum absolute atomic E-state index is 12.6. The Morgan fingerprint density at radius 1 is 1.07 bits per heavy atom. The summed E-state index contributed by atoms with van der Waals surface area (Å²) in [7, 11) is 1.35. The standard InChI is InChI=1S/C22H24N2O4S/c1-4-15-8-11-18-19(12-15)29-22(24(18)14-21(26)27-3)23-20(25)13-16-6-9-17(10-7-16)28-5-2/h6-12H,4-5,13-14H2,1-3H3. The highest BCUT2D eigenvalue weighted by atomic mass is 32.1. The van der Waals surface area contributed by atoms with Gasteiger partial charge in [0.15, 0.2) is 4.80 Å². The van der Waals surface area contributed by atoms with Gasteiger partial charge in [0.25, 0.3) is 5.91 Å². The quantitative estimate of drug-likeness (QED) is 0.557. The highest BCUT2D eigenvalue weighted by molar-refractivity contribution is 7.16. The van der Waals surface area contributed by atoms with Crippen molar-refractivity contribution >= 4 is 33.4 Å². The van der Waals surface area contributed by atoms with Gasteiger partial charge in [-0.1, -0.05) is 36.5 Å². The normalized spacial score (nSPS) is 11.6. The van der Waals surface area contributed by atoms with E-state index in [4.69, 9.17) is 9.47 Å². The van der Waals surface area contributed by atoms with E-state index < -0.39 is 0 Å². The average molecular weight is 413 g/mol. The Bertz CT molecular complexity index is 1080. The topological polar surface area (TPSA) is 69.9 Å². The summed E-state index contributed by atoms with van der Waals surface area (Å²) in [5.74, 6) is 0.118. The van der Waals surface area contributed by atoms with Crippen LogP contribution in [0.15, 0.2) is 47.5 Å². The summed E-state index contributed by atoms with van der Waals surface area (Å²) in [6.07, 6.45) is 1.09. The molecule has 0 aliphatic carbocycles. The molecular weight excluding hydrogens is 388 g/mol. The van der Waals surface area contributed by atoms with Crippen LogP contribution in [0, 0.1) is 0 Å². The predicted octanol–water partition coefficient (Wildman–Crippen LogP) is 3.51. The van der Waals surface area contributed by atoms with Gasteiger partial charge >= 0.3 is 5.97 Å². The van der Waals surface area contributed by atoms with E-state index in [9.17, 15) is 9.59 Å². The SMILES string of the molecule is CCOc1ccc(CC(=O)N=c2sc3cc(CC)ccc3n2CC(=O)OC)cc1. The largest absolute Gasteiger partial charge is 0.494 e. The molecule has 0 bridgehead atoms. The number of aromatic nitrogens is 1.